The van der Waals surface area contributed by atoms with Gasteiger partial charge in [-0.15, -0.1) is 0 Å². The molecule has 0 radical (unpaired) electrons. The zero-order valence-corrected chi connectivity index (χ0v) is 13.2. The normalized spacial score (nSPS) is 10.2. The molecule has 4 heteroatoms. The summed E-state index contributed by atoms with van der Waals surface area (Å²) in [5, 5.41) is 0. The van der Waals surface area contributed by atoms with E-state index in [-0.39, 0.29) is 18.3 Å². The van der Waals surface area contributed by atoms with Gasteiger partial charge in [0, 0.05) is 13.1 Å². The average Bonchev–Trinajstić information content (AvgIpc) is 2.46. The van der Waals surface area contributed by atoms with Gasteiger partial charge in [0.2, 0.25) is 5.91 Å². The fourth-order valence-corrected chi connectivity index (χ4v) is 2.08. The molecule has 0 atom stereocenters. The highest BCUT2D eigenvalue weighted by molar-refractivity contribution is 5.79. The van der Waals surface area contributed by atoms with Crippen LogP contribution < -0.4 is 0 Å². The van der Waals surface area contributed by atoms with Crippen molar-refractivity contribution >= 4 is 11.9 Å². The van der Waals surface area contributed by atoms with Gasteiger partial charge in [0.25, 0.3) is 0 Å². The Bertz CT molecular complexity index is 454. The summed E-state index contributed by atoms with van der Waals surface area (Å²) in [5.41, 5.74) is 2.18. The second-order valence-electron chi connectivity index (χ2n) is 5.10. The molecule has 0 N–H and O–H groups in total. The highest BCUT2D eigenvalue weighted by Crippen LogP contribution is 2.07. The van der Waals surface area contributed by atoms with Crippen LogP contribution in [0.5, 0.6) is 0 Å². The SMILES string of the molecule is CCCN(CCC(=O)OCC)C(=O)Cc1ccc(C)cc1. The molecule has 0 unspecified atom stereocenters. The van der Waals surface area contributed by atoms with Crippen LogP contribution in [0.15, 0.2) is 24.3 Å². The standard InChI is InChI=1S/C17H25NO3/c1-4-11-18(12-10-17(20)21-5-2)16(19)13-15-8-6-14(3)7-9-15/h6-9H,4-5,10-13H2,1-3H3. The molecule has 0 spiro atoms. The van der Waals surface area contributed by atoms with Crippen molar-refractivity contribution in [2.75, 3.05) is 19.7 Å². The molecule has 1 aromatic carbocycles. The molecule has 0 bridgehead atoms. The van der Waals surface area contributed by atoms with E-state index in [1.165, 1.54) is 5.56 Å². The van der Waals surface area contributed by atoms with Gasteiger partial charge in [-0.25, -0.2) is 0 Å². The Morgan fingerprint density at radius 3 is 2.33 bits per heavy atom. The number of ether oxygens (including phenoxy) is 1. The van der Waals surface area contributed by atoms with E-state index < -0.39 is 0 Å². The average molecular weight is 291 g/mol. The van der Waals surface area contributed by atoms with Gasteiger partial charge < -0.3 is 9.64 Å². The minimum Gasteiger partial charge on any atom is -0.466 e. The van der Waals surface area contributed by atoms with E-state index in [4.69, 9.17) is 4.74 Å². The lowest BCUT2D eigenvalue weighted by atomic mass is 10.1. The third-order valence-corrected chi connectivity index (χ3v) is 3.21. The van der Waals surface area contributed by atoms with Gasteiger partial charge in [0.1, 0.15) is 0 Å². The smallest absolute Gasteiger partial charge is 0.307 e. The van der Waals surface area contributed by atoms with Crippen LogP contribution in [0.3, 0.4) is 0 Å². The van der Waals surface area contributed by atoms with Crippen LogP contribution in [-0.4, -0.2) is 36.5 Å². The molecule has 1 aromatic rings. The number of benzene rings is 1. The second kappa shape index (κ2) is 9.16. The molecule has 0 saturated carbocycles. The Balaban J connectivity index is 2.55. The molecule has 0 heterocycles. The monoisotopic (exact) mass is 291 g/mol. The fourth-order valence-electron chi connectivity index (χ4n) is 2.08. The molecule has 0 saturated heterocycles. The van der Waals surface area contributed by atoms with Crippen LogP contribution in [0.1, 0.15) is 37.8 Å². The lowest BCUT2D eigenvalue weighted by Gasteiger charge is -2.21. The number of carbonyl (C=O) groups excluding carboxylic acids is 2. The topological polar surface area (TPSA) is 46.6 Å². The van der Waals surface area contributed by atoms with Crippen LogP contribution in [0.25, 0.3) is 0 Å². The van der Waals surface area contributed by atoms with Gasteiger partial charge >= 0.3 is 5.97 Å². The van der Waals surface area contributed by atoms with Crippen molar-refractivity contribution < 1.29 is 14.3 Å². The first kappa shape index (κ1) is 17.2. The van der Waals surface area contributed by atoms with E-state index in [0.29, 0.717) is 26.1 Å². The molecule has 0 aromatic heterocycles. The number of esters is 1. The number of hydrogen-bond donors (Lipinski definition) is 0. The number of amides is 1. The highest BCUT2D eigenvalue weighted by atomic mass is 16.5. The van der Waals surface area contributed by atoms with E-state index in [0.717, 1.165) is 12.0 Å². The summed E-state index contributed by atoms with van der Waals surface area (Å²) in [7, 11) is 0. The predicted molar refractivity (Wildman–Crippen MR) is 83.0 cm³/mol. The minimum absolute atomic E-state index is 0.0602. The molecule has 116 valence electrons. The van der Waals surface area contributed by atoms with Crippen molar-refractivity contribution in [2.24, 2.45) is 0 Å². The van der Waals surface area contributed by atoms with Gasteiger partial charge in [-0.3, -0.25) is 9.59 Å². The van der Waals surface area contributed by atoms with Crippen molar-refractivity contribution in [3.8, 4) is 0 Å². The zero-order valence-electron chi connectivity index (χ0n) is 13.2. The van der Waals surface area contributed by atoms with Gasteiger partial charge in [0.15, 0.2) is 0 Å². The number of rotatable bonds is 8. The second-order valence-corrected chi connectivity index (χ2v) is 5.10. The van der Waals surface area contributed by atoms with Gasteiger partial charge in [-0.1, -0.05) is 36.8 Å². The molecular formula is C17H25NO3. The number of nitrogens with zero attached hydrogens (tertiary/aromatic N) is 1. The summed E-state index contributed by atoms with van der Waals surface area (Å²) < 4.78 is 4.90. The van der Waals surface area contributed by atoms with Crippen LogP contribution in [0, 0.1) is 6.92 Å². The summed E-state index contributed by atoms with van der Waals surface area (Å²) >= 11 is 0. The summed E-state index contributed by atoms with van der Waals surface area (Å²) in [4.78, 5) is 25.5. The molecule has 1 amide bonds. The third kappa shape index (κ3) is 6.43. The van der Waals surface area contributed by atoms with Crippen molar-refractivity contribution in [1.82, 2.24) is 4.90 Å². The predicted octanol–water partition coefficient (Wildman–Crippen LogP) is 2.73. The Hall–Kier alpha value is -1.84. The number of hydrogen-bond acceptors (Lipinski definition) is 3. The zero-order chi connectivity index (χ0) is 15.7. The van der Waals surface area contributed by atoms with Crippen molar-refractivity contribution in [3.05, 3.63) is 35.4 Å². The Morgan fingerprint density at radius 1 is 1.10 bits per heavy atom. The lowest BCUT2D eigenvalue weighted by molar-refractivity contribution is -0.144. The largest absolute Gasteiger partial charge is 0.466 e. The maximum atomic E-state index is 12.3. The number of aryl methyl sites for hydroxylation is 1. The first-order chi connectivity index (χ1) is 10.1. The lowest BCUT2D eigenvalue weighted by Crippen LogP contribution is -2.35. The Kier molecular flexibility index (Phi) is 7.51. The summed E-state index contributed by atoms with van der Waals surface area (Å²) in [6.45, 7) is 7.31. The summed E-state index contributed by atoms with van der Waals surface area (Å²) in [6.07, 6.45) is 1.51. The fraction of sp³-hybridized carbons (Fsp3) is 0.529. The van der Waals surface area contributed by atoms with Crippen LogP contribution >= 0.6 is 0 Å². The molecule has 0 aliphatic rings. The molecule has 4 nitrogen and oxygen atoms in total. The quantitative estimate of drug-likeness (QED) is 0.692. The van der Waals surface area contributed by atoms with E-state index in [2.05, 4.69) is 0 Å². The molecule has 21 heavy (non-hydrogen) atoms. The first-order valence-corrected chi connectivity index (χ1v) is 7.55. The van der Waals surface area contributed by atoms with Crippen molar-refractivity contribution in [3.63, 3.8) is 0 Å². The highest BCUT2D eigenvalue weighted by Gasteiger charge is 2.15. The third-order valence-electron chi connectivity index (χ3n) is 3.21. The van der Waals surface area contributed by atoms with E-state index in [9.17, 15) is 9.59 Å². The number of carbonyl (C=O) groups is 2. The minimum atomic E-state index is -0.248. The maximum absolute atomic E-state index is 12.3. The van der Waals surface area contributed by atoms with Crippen LogP contribution in [0.2, 0.25) is 0 Å². The van der Waals surface area contributed by atoms with Gasteiger partial charge in [0.05, 0.1) is 19.4 Å². The molecule has 1 rings (SSSR count). The van der Waals surface area contributed by atoms with Gasteiger partial charge in [-0.05, 0) is 25.8 Å². The molecule has 0 aliphatic carbocycles. The van der Waals surface area contributed by atoms with E-state index in [1.54, 1.807) is 11.8 Å². The Morgan fingerprint density at radius 2 is 1.76 bits per heavy atom. The van der Waals surface area contributed by atoms with E-state index in [1.807, 2.05) is 38.1 Å². The Labute approximate surface area is 127 Å². The molecule has 0 fully saturated rings. The maximum Gasteiger partial charge on any atom is 0.307 e. The summed E-state index contributed by atoms with van der Waals surface area (Å²) in [6, 6.07) is 7.96. The van der Waals surface area contributed by atoms with Crippen LogP contribution in [0.4, 0.5) is 0 Å². The van der Waals surface area contributed by atoms with E-state index >= 15 is 0 Å². The molecular weight excluding hydrogens is 266 g/mol. The van der Waals surface area contributed by atoms with Crippen molar-refractivity contribution in [2.45, 2.75) is 40.0 Å². The van der Waals surface area contributed by atoms with Crippen molar-refractivity contribution in [1.29, 1.82) is 0 Å². The first-order valence-electron chi connectivity index (χ1n) is 7.55. The van der Waals surface area contributed by atoms with Crippen LogP contribution in [-0.2, 0) is 20.7 Å². The molecule has 0 aliphatic heterocycles. The van der Waals surface area contributed by atoms with Gasteiger partial charge in [-0.2, -0.15) is 0 Å². The summed E-state index contributed by atoms with van der Waals surface area (Å²) in [5.74, 6) is -0.188.